The van der Waals surface area contributed by atoms with Crippen LogP contribution in [0.2, 0.25) is 0 Å². The van der Waals surface area contributed by atoms with Crippen LogP contribution in [0.15, 0.2) is 40.0 Å². The summed E-state index contributed by atoms with van der Waals surface area (Å²) in [5.74, 6) is 1.14. The molecule has 0 amide bonds. The minimum Gasteiger partial charge on any atom is -0.361 e. The predicted molar refractivity (Wildman–Crippen MR) is 47.0 cm³/mol. The average molecular weight is 165 g/mol. The van der Waals surface area contributed by atoms with Gasteiger partial charge in [-0.05, 0) is 16.9 Å². The summed E-state index contributed by atoms with van der Waals surface area (Å²) in [5.41, 5.74) is 0. The molecule has 1 atom stereocenters. The molecule has 2 heterocycles. The molecule has 2 aliphatic rings. The summed E-state index contributed by atoms with van der Waals surface area (Å²) >= 11 is 1.66. The molecule has 3 heteroatoms. The molecule has 0 aliphatic carbocycles. The Labute approximate surface area is 69.3 Å². The molecule has 0 fully saturated rings. The van der Waals surface area contributed by atoms with Gasteiger partial charge in [0.05, 0.1) is 12.1 Å². The molecule has 0 bridgehead atoms. The fourth-order valence-electron chi connectivity index (χ4n) is 0.932. The Bertz CT molecular complexity index is 265. The van der Waals surface area contributed by atoms with E-state index < -0.39 is 0 Å². The van der Waals surface area contributed by atoms with E-state index in [0.29, 0.717) is 0 Å². The maximum absolute atomic E-state index is 5.01. The lowest BCUT2D eigenvalue weighted by molar-refractivity contribution is 0.237. The van der Waals surface area contributed by atoms with Crippen molar-refractivity contribution in [3.8, 4) is 0 Å². The minimum absolute atomic E-state index is 0.243. The van der Waals surface area contributed by atoms with Crippen molar-refractivity contribution in [1.29, 1.82) is 0 Å². The van der Waals surface area contributed by atoms with Crippen molar-refractivity contribution in [2.75, 3.05) is 0 Å². The highest BCUT2D eigenvalue weighted by atomic mass is 32.2. The summed E-state index contributed by atoms with van der Waals surface area (Å²) in [6.07, 6.45) is 7.76. The number of oxime groups is 1. The Morgan fingerprint density at radius 3 is 3.45 bits per heavy atom. The van der Waals surface area contributed by atoms with Crippen molar-refractivity contribution in [2.24, 2.45) is 11.1 Å². The lowest BCUT2D eigenvalue weighted by Gasteiger charge is -2.01. The van der Waals surface area contributed by atoms with Gasteiger partial charge in [-0.15, -0.1) is 11.8 Å². The quantitative estimate of drug-likeness (QED) is 0.549. The van der Waals surface area contributed by atoms with E-state index in [1.54, 1.807) is 18.0 Å². The van der Waals surface area contributed by atoms with Crippen LogP contribution in [-0.2, 0) is 4.84 Å². The van der Waals surface area contributed by atoms with E-state index in [-0.39, 0.29) is 5.92 Å². The highest BCUT2D eigenvalue weighted by molar-refractivity contribution is 8.04. The van der Waals surface area contributed by atoms with E-state index in [1.807, 2.05) is 23.0 Å². The van der Waals surface area contributed by atoms with E-state index in [4.69, 9.17) is 4.84 Å². The number of fused-ring (bicyclic) bond motifs is 1. The molecule has 2 aliphatic heterocycles. The SMILES string of the molecule is C1=NO/C2=C/C=C\S/C=C\C12. The number of allylic oxidation sites excluding steroid dienone is 3. The fraction of sp³-hybridized carbons (Fsp3) is 0.125. The molecule has 2 rings (SSSR count). The van der Waals surface area contributed by atoms with Gasteiger partial charge in [-0.1, -0.05) is 17.3 Å². The van der Waals surface area contributed by atoms with Crippen LogP contribution in [0.25, 0.3) is 0 Å². The normalized spacial score (nSPS) is 37.5. The van der Waals surface area contributed by atoms with Gasteiger partial charge in [0.25, 0.3) is 0 Å². The monoisotopic (exact) mass is 165 g/mol. The molecular formula is C8H7NOS. The zero-order valence-corrected chi connectivity index (χ0v) is 6.62. The zero-order valence-electron chi connectivity index (χ0n) is 5.81. The van der Waals surface area contributed by atoms with Crippen molar-refractivity contribution >= 4 is 18.0 Å². The highest BCUT2D eigenvalue weighted by Gasteiger charge is 2.15. The first kappa shape index (κ1) is 6.73. The van der Waals surface area contributed by atoms with Crippen LogP contribution >= 0.6 is 11.8 Å². The minimum atomic E-state index is 0.243. The number of nitrogens with zero attached hydrogens (tertiary/aromatic N) is 1. The first-order valence-corrected chi connectivity index (χ1v) is 4.30. The fourth-order valence-corrected chi connectivity index (χ4v) is 1.45. The second kappa shape index (κ2) is 2.96. The third-order valence-corrected chi connectivity index (χ3v) is 2.12. The average Bonchev–Trinajstić information content (AvgIpc) is 2.35. The van der Waals surface area contributed by atoms with Crippen molar-refractivity contribution in [3.05, 3.63) is 34.8 Å². The number of thioether (sulfide) groups is 1. The summed E-state index contributed by atoms with van der Waals surface area (Å²) in [5, 5.41) is 7.76. The maximum Gasteiger partial charge on any atom is 0.147 e. The van der Waals surface area contributed by atoms with E-state index in [0.717, 1.165) is 5.76 Å². The molecule has 1 unspecified atom stereocenters. The molecule has 0 saturated heterocycles. The van der Waals surface area contributed by atoms with Crippen molar-refractivity contribution in [2.45, 2.75) is 0 Å². The second-order valence-corrected chi connectivity index (χ2v) is 3.05. The molecule has 0 N–H and O–H groups in total. The first-order chi connectivity index (χ1) is 5.47. The molecule has 0 radical (unpaired) electrons. The molecule has 11 heavy (non-hydrogen) atoms. The Morgan fingerprint density at radius 1 is 1.45 bits per heavy atom. The Hall–Kier alpha value is -0.960. The van der Waals surface area contributed by atoms with E-state index in [2.05, 4.69) is 11.2 Å². The van der Waals surface area contributed by atoms with E-state index in [9.17, 15) is 0 Å². The lowest BCUT2D eigenvalue weighted by Crippen LogP contribution is -1.96. The Morgan fingerprint density at radius 2 is 2.45 bits per heavy atom. The van der Waals surface area contributed by atoms with Gasteiger partial charge in [-0.3, -0.25) is 0 Å². The summed E-state index contributed by atoms with van der Waals surface area (Å²) in [6.45, 7) is 0. The molecule has 56 valence electrons. The molecule has 0 aromatic rings. The van der Waals surface area contributed by atoms with Crippen LogP contribution in [0.5, 0.6) is 0 Å². The predicted octanol–water partition coefficient (Wildman–Crippen LogP) is 2.28. The maximum atomic E-state index is 5.01. The van der Waals surface area contributed by atoms with Crippen molar-refractivity contribution in [1.82, 2.24) is 0 Å². The molecule has 2 nitrogen and oxygen atoms in total. The lowest BCUT2D eigenvalue weighted by atomic mass is 10.1. The molecule has 0 aromatic heterocycles. The van der Waals surface area contributed by atoms with Crippen molar-refractivity contribution < 1.29 is 4.84 Å². The number of hydrogen-bond donors (Lipinski definition) is 0. The summed E-state index contributed by atoms with van der Waals surface area (Å²) in [4.78, 5) is 5.01. The molecular weight excluding hydrogens is 158 g/mol. The van der Waals surface area contributed by atoms with Gasteiger partial charge in [0.1, 0.15) is 5.76 Å². The van der Waals surface area contributed by atoms with Crippen LogP contribution in [0.3, 0.4) is 0 Å². The molecule has 0 aromatic carbocycles. The van der Waals surface area contributed by atoms with Gasteiger partial charge in [0.2, 0.25) is 0 Å². The second-order valence-electron chi connectivity index (χ2n) is 2.23. The van der Waals surface area contributed by atoms with E-state index >= 15 is 0 Å². The highest BCUT2D eigenvalue weighted by Crippen LogP contribution is 2.22. The molecule has 0 spiro atoms. The molecule has 0 saturated carbocycles. The number of hydrogen-bond acceptors (Lipinski definition) is 3. The topological polar surface area (TPSA) is 21.6 Å². The van der Waals surface area contributed by atoms with Crippen LogP contribution in [0.4, 0.5) is 0 Å². The summed E-state index contributed by atoms with van der Waals surface area (Å²) in [7, 11) is 0. The third-order valence-electron chi connectivity index (χ3n) is 1.49. The first-order valence-electron chi connectivity index (χ1n) is 3.36. The summed E-state index contributed by atoms with van der Waals surface area (Å²) < 4.78 is 0. The largest absolute Gasteiger partial charge is 0.361 e. The van der Waals surface area contributed by atoms with Gasteiger partial charge < -0.3 is 4.84 Å². The zero-order chi connectivity index (χ0) is 7.52. The van der Waals surface area contributed by atoms with Crippen LogP contribution in [-0.4, -0.2) is 6.21 Å². The van der Waals surface area contributed by atoms with Crippen LogP contribution in [0.1, 0.15) is 0 Å². The van der Waals surface area contributed by atoms with Gasteiger partial charge in [0.15, 0.2) is 0 Å². The van der Waals surface area contributed by atoms with E-state index in [1.165, 1.54) is 0 Å². The van der Waals surface area contributed by atoms with Crippen LogP contribution in [0, 0.1) is 5.92 Å². The third kappa shape index (κ3) is 1.38. The summed E-state index contributed by atoms with van der Waals surface area (Å²) in [6, 6.07) is 0. The Kier molecular flexibility index (Phi) is 1.81. The van der Waals surface area contributed by atoms with Gasteiger partial charge >= 0.3 is 0 Å². The van der Waals surface area contributed by atoms with Crippen LogP contribution < -0.4 is 0 Å². The van der Waals surface area contributed by atoms with Gasteiger partial charge in [-0.2, -0.15) is 0 Å². The van der Waals surface area contributed by atoms with Crippen molar-refractivity contribution in [3.63, 3.8) is 0 Å². The van der Waals surface area contributed by atoms with Gasteiger partial charge in [0, 0.05) is 0 Å². The van der Waals surface area contributed by atoms with Gasteiger partial charge in [-0.25, -0.2) is 0 Å². The Balaban J connectivity index is 2.29. The standard InChI is InChI=1S/C8H7NOS/c1-2-8-7(6-9-10-8)3-5-11-4-1/h1-7H/b4-1-,5-3-,8-2+. The smallest absolute Gasteiger partial charge is 0.147 e. The number of rotatable bonds is 0.